The average molecular weight is 569 g/mol. The van der Waals surface area contributed by atoms with Crippen molar-refractivity contribution in [2.24, 2.45) is 0 Å². The summed E-state index contributed by atoms with van der Waals surface area (Å²) in [7, 11) is 3.09. The molecule has 0 aliphatic carbocycles. The highest BCUT2D eigenvalue weighted by Gasteiger charge is 2.16. The third kappa shape index (κ3) is 6.24. The molecule has 0 radical (unpaired) electrons. The number of hydrogen-bond acceptors (Lipinski definition) is 8. The molecular formula is C21H23Br2N5O4. The summed E-state index contributed by atoms with van der Waals surface area (Å²) in [5, 5.41) is 2.97. The van der Waals surface area contributed by atoms with E-state index in [4.69, 9.17) is 25.7 Å². The number of rotatable bonds is 8. The number of carbonyl (C=O) groups is 1. The number of carbonyl (C=O) groups excluding carboxylic acids is 1. The molecule has 0 atom stereocenters. The molecule has 0 saturated carbocycles. The summed E-state index contributed by atoms with van der Waals surface area (Å²) in [4.78, 5) is 19.5. The SMILES string of the molecule is Br.COc1cc(Cc2cnc(N)nc2N)cc(OC)c1Oc1ccc(NC(=O)CBr)cc1. The highest BCUT2D eigenvalue weighted by molar-refractivity contribution is 9.09. The monoisotopic (exact) mass is 567 g/mol. The van der Waals surface area contributed by atoms with Crippen LogP contribution in [0.3, 0.4) is 0 Å². The van der Waals surface area contributed by atoms with Gasteiger partial charge < -0.3 is 31.0 Å². The fourth-order valence-corrected chi connectivity index (χ4v) is 2.99. The molecule has 170 valence electrons. The van der Waals surface area contributed by atoms with Gasteiger partial charge >= 0.3 is 0 Å². The number of nitrogens with one attached hydrogen (secondary N) is 1. The molecule has 11 heteroatoms. The lowest BCUT2D eigenvalue weighted by Gasteiger charge is -2.16. The first-order valence-corrected chi connectivity index (χ1v) is 10.3. The standard InChI is InChI=1S/C21H22BrN5O4.BrH/c1-29-16-8-12(7-13-11-25-21(24)27-20(13)23)9-17(30-2)19(16)31-15-5-3-14(4-6-15)26-18(28)10-22;/h3-6,8-9,11H,7,10H2,1-2H3,(H,26,28)(H4,23,24,25,27);1H. The molecule has 3 rings (SSSR count). The minimum absolute atomic E-state index is 0. The number of nitrogens with two attached hydrogens (primary N) is 2. The van der Waals surface area contributed by atoms with Gasteiger partial charge in [-0.2, -0.15) is 4.98 Å². The highest BCUT2D eigenvalue weighted by Crippen LogP contribution is 2.42. The van der Waals surface area contributed by atoms with E-state index in [0.29, 0.717) is 40.9 Å². The van der Waals surface area contributed by atoms with Crippen molar-refractivity contribution in [3.05, 3.63) is 53.7 Å². The van der Waals surface area contributed by atoms with Gasteiger partial charge in [-0.1, -0.05) is 15.9 Å². The number of hydrogen-bond donors (Lipinski definition) is 3. The number of benzene rings is 2. The maximum atomic E-state index is 11.5. The van der Waals surface area contributed by atoms with Crippen LogP contribution >= 0.6 is 32.9 Å². The minimum Gasteiger partial charge on any atom is -0.493 e. The molecule has 1 aromatic heterocycles. The van der Waals surface area contributed by atoms with E-state index in [9.17, 15) is 4.79 Å². The normalized spacial score (nSPS) is 10.1. The van der Waals surface area contributed by atoms with E-state index >= 15 is 0 Å². The van der Waals surface area contributed by atoms with E-state index in [1.807, 2.05) is 12.1 Å². The third-order valence-electron chi connectivity index (χ3n) is 4.31. The van der Waals surface area contributed by atoms with Crippen molar-refractivity contribution >= 4 is 56.3 Å². The van der Waals surface area contributed by atoms with Gasteiger partial charge in [-0.15, -0.1) is 17.0 Å². The molecule has 3 aromatic rings. The Bertz CT molecular complexity index is 1060. The van der Waals surface area contributed by atoms with Gasteiger partial charge in [0.1, 0.15) is 11.6 Å². The Morgan fingerprint density at radius 3 is 2.25 bits per heavy atom. The van der Waals surface area contributed by atoms with Crippen LogP contribution in [0.25, 0.3) is 0 Å². The molecule has 0 unspecified atom stereocenters. The van der Waals surface area contributed by atoms with Crippen LogP contribution in [0.1, 0.15) is 11.1 Å². The van der Waals surface area contributed by atoms with Crippen molar-refractivity contribution in [1.29, 1.82) is 0 Å². The number of methoxy groups -OCH3 is 2. The van der Waals surface area contributed by atoms with E-state index < -0.39 is 0 Å². The molecule has 32 heavy (non-hydrogen) atoms. The van der Waals surface area contributed by atoms with Crippen LogP contribution in [-0.2, 0) is 11.2 Å². The predicted molar refractivity (Wildman–Crippen MR) is 132 cm³/mol. The first-order valence-electron chi connectivity index (χ1n) is 9.19. The maximum absolute atomic E-state index is 11.5. The van der Waals surface area contributed by atoms with Crippen molar-refractivity contribution in [2.75, 3.05) is 36.3 Å². The Morgan fingerprint density at radius 1 is 1.09 bits per heavy atom. The predicted octanol–water partition coefficient (Wildman–Crippen LogP) is 3.95. The van der Waals surface area contributed by atoms with E-state index in [1.54, 1.807) is 44.7 Å². The Morgan fingerprint density at radius 2 is 1.72 bits per heavy atom. The molecule has 0 bridgehead atoms. The van der Waals surface area contributed by atoms with Gasteiger partial charge in [-0.05, 0) is 42.0 Å². The van der Waals surface area contributed by atoms with Gasteiger partial charge in [0, 0.05) is 23.9 Å². The van der Waals surface area contributed by atoms with Crippen LogP contribution in [0.4, 0.5) is 17.5 Å². The zero-order chi connectivity index (χ0) is 22.4. The smallest absolute Gasteiger partial charge is 0.235 e. The first-order chi connectivity index (χ1) is 14.9. The first kappa shape index (κ1) is 25.2. The summed E-state index contributed by atoms with van der Waals surface area (Å²) in [5.41, 5.74) is 13.8. The zero-order valence-electron chi connectivity index (χ0n) is 17.4. The molecule has 1 amide bonds. The molecule has 0 fully saturated rings. The molecule has 0 saturated heterocycles. The summed E-state index contributed by atoms with van der Waals surface area (Å²) in [6.45, 7) is 0. The largest absolute Gasteiger partial charge is 0.493 e. The van der Waals surface area contributed by atoms with Crippen LogP contribution in [0, 0.1) is 0 Å². The molecule has 5 N–H and O–H groups in total. The summed E-state index contributed by atoms with van der Waals surface area (Å²) in [6, 6.07) is 10.6. The lowest BCUT2D eigenvalue weighted by molar-refractivity contribution is -0.113. The third-order valence-corrected chi connectivity index (χ3v) is 4.82. The Hall–Kier alpha value is -3.05. The molecular weight excluding hydrogens is 546 g/mol. The lowest BCUT2D eigenvalue weighted by atomic mass is 10.1. The van der Waals surface area contributed by atoms with Gasteiger partial charge in [0.25, 0.3) is 0 Å². The topological polar surface area (TPSA) is 135 Å². The molecule has 2 aromatic carbocycles. The van der Waals surface area contributed by atoms with Gasteiger partial charge in [0.2, 0.25) is 17.6 Å². The number of aromatic nitrogens is 2. The number of halogens is 2. The van der Waals surface area contributed by atoms with Crippen LogP contribution < -0.4 is 31.0 Å². The zero-order valence-corrected chi connectivity index (χ0v) is 20.7. The Labute approximate surface area is 204 Å². The van der Waals surface area contributed by atoms with Gasteiger partial charge in [-0.25, -0.2) is 4.98 Å². The highest BCUT2D eigenvalue weighted by atomic mass is 79.9. The molecule has 9 nitrogen and oxygen atoms in total. The van der Waals surface area contributed by atoms with Crippen LogP contribution in [0.2, 0.25) is 0 Å². The molecule has 0 spiro atoms. The van der Waals surface area contributed by atoms with Crippen LogP contribution in [-0.4, -0.2) is 35.4 Å². The van der Waals surface area contributed by atoms with Crippen molar-refractivity contribution in [1.82, 2.24) is 9.97 Å². The van der Waals surface area contributed by atoms with E-state index in [-0.39, 0.29) is 34.2 Å². The molecule has 0 aliphatic heterocycles. The quantitative estimate of drug-likeness (QED) is 0.348. The number of alkyl halides is 1. The number of nitrogens with zero attached hydrogens (tertiary/aromatic N) is 2. The van der Waals surface area contributed by atoms with Crippen molar-refractivity contribution < 1.29 is 19.0 Å². The summed E-state index contributed by atoms with van der Waals surface area (Å²) < 4.78 is 17.1. The summed E-state index contributed by atoms with van der Waals surface area (Å²) in [6.07, 6.45) is 2.05. The van der Waals surface area contributed by atoms with Crippen molar-refractivity contribution in [3.8, 4) is 23.0 Å². The fourth-order valence-electron chi connectivity index (χ4n) is 2.85. The second-order valence-corrected chi connectivity index (χ2v) is 7.01. The Kier molecular flexibility index (Phi) is 9.09. The summed E-state index contributed by atoms with van der Waals surface area (Å²) in [5.74, 6) is 2.25. The van der Waals surface area contributed by atoms with Crippen molar-refractivity contribution in [3.63, 3.8) is 0 Å². The average Bonchev–Trinajstić information content (AvgIpc) is 2.77. The van der Waals surface area contributed by atoms with Gasteiger partial charge in [0.05, 0.1) is 19.5 Å². The van der Waals surface area contributed by atoms with Crippen LogP contribution in [0.5, 0.6) is 23.0 Å². The van der Waals surface area contributed by atoms with E-state index in [2.05, 4.69) is 31.2 Å². The fraction of sp³-hybridized carbons (Fsp3) is 0.190. The van der Waals surface area contributed by atoms with Gasteiger partial charge in [-0.3, -0.25) is 4.79 Å². The number of ether oxygens (including phenoxy) is 3. The molecule has 1 heterocycles. The minimum atomic E-state index is -0.139. The maximum Gasteiger partial charge on any atom is 0.235 e. The number of nitrogen functional groups attached to an aromatic ring is 2. The van der Waals surface area contributed by atoms with Crippen LogP contribution in [0.15, 0.2) is 42.6 Å². The van der Waals surface area contributed by atoms with Gasteiger partial charge in [0.15, 0.2) is 11.5 Å². The second kappa shape index (κ2) is 11.5. The number of anilines is 3. The van der Waals surface area contributed by atoms with Crippen molar-refractivity contribution in [2.45, 2.75) is 6.42 Å². The summed E-state index contributed by atoms with van der Waals surface area (Å²) >= 11 is 3.11. The Balaban J connectivity index is 0.00000363. The second-order valence-electron chi connectivity index (χ2n) is 6.45. The number of amides is 1. The molecule has 0 aliphatic rings. The van der Waals surface area contributed by atoms with E-state index in [0.717, 1.165) is 11.1 Å². The lowest BCUT2D eigenvalue weighted by Crippen LogP contribution is -2.11. The van der Waals surface area contributed by atoms with E-state index in [1.165, 1.54) is 0 Å².